The molecule has 0 amide bonds. The Balaban J connectivity index is 1.66. The van der Waals surface area contributed by atoms with Crippen LogP contribution in [-0.4, -0.2) is 69.9 Å². The van der Waals surface area contributed by atoms with Crippen molar-refractivity contribution in [1.29, 1.82) is 0 Å². The van der Waals surface area contributed by atoms with Gasteiger partial charge in [0.15, 0.2) is 5.96 Å². The van der Waals surface area contributed by atoms with Gasteiger partial charge in [-0.05, 0) is 31.5 Å². The number of benzene rings is 1. The fourth-order valence-corrected chi connectivity index (χ4v) is 2.51. The number of ether oxygens (including phenoxy) is 2. The van der Waals surface area contributed by atoms with E-state index in [1.165, 1.54) is 5.56 Å². The van der Waals surface area contributed by atoms with Crippen LogP contribution in [0.15, 0.2) is 29.3 Å². The third-order valence-electron chi connectivity index (χ3n) is 3.79. The van der Waals surface area contributed by atoms with Gasteiger partial charge in [-0.25, -0.2) is 0 Å². The molecular formula is C18H30N4O2. The zero-order valence-electron chi connectivity index (χ0n) is 14.9. The highest BCUT2D eigenvalue weighted by atomic mass is 16.5. The molecule has 1 aliphatic rings. The van der Waals surface area contributed by atoms with E-state index in [2.05, 4.69) is 40.4 Å². The minimum absolute atomic E-state index is 0.608. The summed E-state index contributed by atoms with van der Waals surface area (Å²) in [6, 6.07) is 8.10. The van der Waals surface area contributed by atoms with E-state index in [-0.39, 0.29) is 0 Å². The van der Waals surface area contributed by atoms with Crippen molar-refractivity contribution in [3.63, 3.8) is 0 Å². The molecular weight excluding hydrogens is 304 g/mol. The molecule has 2 rings (SSSR count). The molecule has 1 aromatic rings. The minimum Gasteiger partial charge on any atom is -0.492 e. The zero-order valence-corrected chi connectivity index (χ0v) is 14.9. The summed E-state index contributed by atoms with van der Waals surface area (Å²) in [5, 5.41) is 6.58. The quantitative estimate of drug-likeness (QED) is 0.426. The number of rotatable bonds is 8. The van der Waals surface area contributed by atoms with Crippen LogP contribution in [0.5, 0.6) is 5.75 Å². The van der Waals surface area contributed by atoms with Crippen LogP contribution in [0.25, 0.3) is 0 Å². The second-order valence-corrected chi connectivity index (χ2v) is 5.81. The van der Waals surface area contributed by atoms with E-state index in [9.17, 15) is 0 Å². The summed E-state index contributed by atoms with van der Waals surface area (Å²) in [6.07, 6.45) is 0. The smallest absolute Gasteiger partial charge is 0.191 e. The standard InChI is InChI=1S/C18H30N4O2/c1-3-19-18(20-7-9-22-10-13-23-14-11-22)21-8-12-24-17-6-4-5-16(2)15-17/h4-6,15H,3,7-14H2,1-2H3,(H2,19,20,21). The zero-order chi connectivity index (χ0) is 17.0. The van der Waals surface area contributed by atoms with Crippen LogP contribution >= 0.6 is 0 Å². The van der Waals surface area contributed by atoms with Gasteiger partial charge in [-0.15, -0.1) is 0 Å². The third kappa shape index (κ3) is 7.19. The summed E-state index contributed by atoms with van der Waals surface area (Å²) < 4.78 is 11.1. The molecule has 0 atom stereocenters. The van der Waals surface area contributed by atoms with Crippen molar-refractivity contribution in [2.24, 2.45) is 4.99 Å². The normalized spacial score (nSPS) is 16.0. The van der Waals surface area contributed by atoms with E-state index in [1.54, 1.807) is 0 Å². The number of aliphatic imine (C=N–C) groups is 1. The molecule has 0 unspecified atom stereocenters. The number of nitrogens with one attached hydrogen (secondary N) is 2. The minimum atomic E-state index is 0.608. The molecule has 1 heterocycles. The SMILES string of the molecule is CCNC(=NCCN1CCOCC1)NCCOc1cccc(C)c1. The molecule has 2 N–H and O–H groups in total. The lowest BCUT2D eigenvalue weighted by molar-refractivity contribution is 0.0394. The highest BCUT2D eigenvalue weighted by Crippen LogP contribution is 2.11. The average molecular weight is 334 g/mol. The molecule has 1 aliphatic heterocycles. The molecule has 0 spiro atoms. The summed E-state index contributed by atoms with van der Waals surface area (Å²) >= 11 is 0. The third-order valence-corrected chi connectivity index (χ3v) is 3.79. The van der Waals surface area contributed by atoms with Crippen LogP contribution in [0.4, 0.5) is 0 Å². The predicted molar refractivity (Wildman–Crippen MR) is 97.9 cm³/mol. The van der Waals surface area contributed by atoms with Gasteiger partial charge in [0.05, 0.1) is 26.3 Å². The van der Waals surface area contributed by atoms with Crippen LogP contribution in [-0.2, 0) is 4.74 Å². The predicted octanol–water partition coefficient (Wildman–Crippen LogP) is 1.26. The van der Waals surface area contributed by atoms with Gasteiger partial charge < -0.3 is 20.1 Å². The summed E-state index contributed by atoms with van der Waals surface area (Å²) in [5.74, 6) is 1.75. The molecule has 0 saturated carbocycles. The largest absolute Gasteiger partial charge is 0.492 e. The fourth-order valence-electron chi connectivity index (χ4n) is 2.51. The number of nitrogens with zero attached hydrogens (tertiary/aromatic N) is 2. The summed E-state index contributed by atoms with van der Waals surface area (Å²) in [4.78, 5) is 7.01. The van der Waals surface area contributed by atoms with Crippen molar-refractivity contribution in [2.75, 3.05) is 59.1 Å². The lowest BCUT2D eigenvalue weighted by Crippen LogP contribution is -2.41. The Labute approximate surface area is 145 Å². The summed E-state index contributed by atoms with van der Waals surface area (Å²) in [7, 11) is 0. The molecule has 24 heavy (non-hydrogen) atoms. The first-order valence-electron chi connectivity index (χ1n) is 8.79. The highest BCUT2D eigenvalue weighted by molar-refractivity contribution is 5.79. The maximum Gasteiger partial charge on any atom is 0.191 e. The molecule has 1 fully saturated rings. The molecule has 6 heteroatoms. The van der Waals surface area contributed by atoms with Crippen molar-refractivity contribution < 1.29 is 9.47 Å². The van der Waals surface area contributed by atoms with E-state index in [0.717, 1.165) is 64.2 Å². The lowest BCUT2D eigenvalue weighted by atomic mass is 10.2. The van der Waals surface area contributed by atoms with Crippen LogP contribution in [0.1, 0.15) is 12.5 Å². The van der Waals surface area contributed by atoms with Gasteiger partial charge in [-0.2, -0.15) is 0 Å². The van der Waals surface area contributed by atoms with Crippen molar-refractivity contribution in [3.8, 4) is 5.75 Å². The summed E-state index contributed by atoms with van der Waals surface area (Å²) in [6.45, 7) is 11.7. The Bertz CT molecular complexity index is 502. The van der Waals surface area contributed by atoms with Crippen molar-refractivity contribution >= 4 is 5.96 Å². The Morgan fingerprint density at radius 3 is 2.88 bits per heavy atom. The molecule has 0 bridgehead atoms. The summed E-state index contributed by atoms with van der Waals surface area (Å²) in [5.41, 5.74) is 1.21. The molecule has 1 aromatic carbocycles. The maximum atomic E-state index is 5.75. The van der Waals surface area contributed by atoms with E-state index < -0.39 is 0 Å². The maximum absolute atomic E-state index is 5.75. The molecule has 1 saturated heterocycles. The number of aryl methyl sites for hydroxylation is 1. The number of hydrogen-bond acceptors (Lipinski definition) is 4. The van der Waals surface area contributed by atoms with Gasteiger partial charge in [0.2, 0.25) is 0 Å². The lowest BCUT2D eigenvalue weighted by Gasteiger charge is -2.25. The van der Waals surface area contributed by atoms with Crippen molar-refractivity contribution in [3.05, 3.63) is 29.8 Å². The van der Waals surface area contributed by atoms with E-state index >= 15 is 0 Å². The Morgan fingerprint density at radius 1 is 1.29 bits per heavy atom. The number of guanidine groups is 1. The Kier molecular flexibility index (Phi) is 8.41. The first kappa shape index (κ1) is 18.5. The van der Waals surface area contributed by atoms with Gasteiger partial charge in [0.1, 0.15) is 12.4 Å². The van der Waals surface area contributed by atoms with Gasteiger partial charge in [0, 0.05) is 26.2 Å². The van der Waals surface area contributed by atoms with Gasteiger partial charge in [-0.1, -0.05) is 12.1 Å². The molecule has 134 valence electrons. The van der Waals surface area contributed by atoms with Crippen LogP contribution in [0, 0.1) is 6.92 Å². The second kappa shape index (κ2) is 10.9. The van der Waals surface area contributed by atoms with Gasteiger partial charge >= 0.3 is 0 Å². The highest BCUT2D eigenvalue weighted by Gasteiger charge is 2.09. The first-order chi connectivity index (χ1) is 11.8. The van der Waals surface area contributed by atoms with Crippen LogP contribution in [0.2, 0.25) is 0 Å². The van der Waals surface area contributed by atoms with E-state index in [4.69, 9.17) is 9.47 Å². The van der Waals surface area contributed by atoms with Crippen molar-refractivity contribution in [2.45, 2.75) is 13.8 Å². The van der Waals surface area contributed by atoms with E-state index in [1.807, 2.05) is 18.2 Å². The first-order valence-corrected chi connectivity index (χ1v) is 8.79. The van der Waals surface area contributed by atoms with Crippen LogP contribution in [0.3, 0.4) is 0 Å². The van der Waals surface area contributed by atoms with Crippen molar-refractivity contribution in [1.82, 2.24) is 15.5 Å². The molecule has 0 aliphatic carbocycles. The number of morpholine rings is 1. The Hall–Kier alpha value is -1.79. The molecule has 0 radical (unpaired) electrons. The average Bonchev–Trinajstić information content (AvgIpc) is 2.60. The fraction of sp³-hybridized carbons (Fsp3) is 0.611. The van der Waals surface area contributed by atoms with Gasteiger partial charge in [-0.3, -0.25) is 9.89 Å². The number of hydrogen-bond donors (Lipinski definition) is 2. The molecule has 0 aromatic heterocycles. The topological polar surface area (TPSA) is 58.1 Å². The van der Waals surface area contributed by atoms with Crippen LogP contribution < -0.4 is 15.4 Å². The molecule has 6 nitrogen and oxygen atoms in total. The van der Waals surface area contributed by atoms with Gasteiger partial charge in [0.25, 0.3) is 0 Å². The van der Waals surface area contributed by atoms with E-state index in [0.29, 0.717) is 6.61 Å². The Morgan fingerprint density at radius 2 is 2.12 bits per heavy atom. The monoisotopic (exact) mass is 334 g/mol. The second-order valence-electron chi connectivity index (χ2n) is 5.81.